The van der Waals surface area contributed by atoms with Crippen molar-refractivity contribution >= 4 is 5.69 Å². The minimum atomic E-state index is 0.646. The summed E-state index contributed by atoms with van der Waals surface area (Å²) in [6, 6.07) is 20.3. The molecule has 3 nitrogen and oxygen atoms in total. The fourth-order valence-electron chi connectivity index (χ4n) is 3.81. The molecule has 24 heavy (non-hydrogen) atoms. The van der Waals surface area contributed by atoms with Crippen molar-refractivity contribution in [3.8, 4) is 0 Å². The number of benzene rings is 2. The highest BCUT2D eigenvalue weighted by Gasteiger charge is 2.29. The highest BCUT2D eigenvalue weighted by atomic mass is 16.5. The predicted octanol–water partition coefficient (Wildman–Crippen LogP) is 3.56. The normalized spacial score (nSPS) is 23.8. The standard InChI is InChI=1S/C21H26N2O/c1-2-6-17(7-3-1)19-14-20(15-19)22-16-18-8-4-5-9-21(18)23-10-12-24-13-11-23/h1-9,19-20,22H,10-16H2. The van der Waals surface area contributed by atoms with E-state index in [0.717, 1.165) is 38.8 Å². The topological polar surface area (TPSA) is 24.5 Å². The van der Waals surface area contributed by atoms with Crippen LogP contribution in [-0.4, -0.2) is 32.3 Å². The second-order valence-corrected chi connectivity index (χ2v) is 6.88. The van der Waals surface area contributed by atoms with E-state index in [0.29, 0.717) is 6.04 Å². The lowest BCUT2D eigenvalue weighted by Crippen LogP contribution is -2.40. The molecular formula is C21H26N2O. The summed E-state index contributed by atoms with van der Waals surface area (Å²) in [6.45, 7) is 4.62. The molecule has 1 aliphatic heterocycles. The fourth-order valence-corrected chi connectivity index (χ4v) is 3.81. The Bertz CT molecular complexity index is 646. The Balaban J connectivity index is 1.32. The van der Waals surface area contributed by atoms with Crippen LogP contribution in [-0.2, 0) is 11.3 Å². The molecule has 1 N–H and O–H groups in total. The van der Waals surface area contributed by atoms with E-state index in [-0.39, 0.29) is 0 Å². The highest BCUT2D eigenvalue weighted by Crippen LogP contribution is 2.37. The summed E-state index contributed by atoms with van der Waals surface area (Å²) in [6.07, 6.45) is 2.51. The number of morpholine rings is 1. The molecule has 2 aromatic carbocycles. The molecule has 2 aromatic rings. The molecule has 0 bridgehead atoms. The largest absolute Gasteiger partial charge is 0.378 e. The van der Waals surface area contributed by atoms with E-state index >= 15 is 0 Å². The Morgan fingerprint density at radius 1 is 0.917 bits per heavy atom. The summed E-state index contributed by atoms with van der Waals surface area (Å²) >= 11 is 0. The van der Waals surface area contributed by atoms with Gasteiger partial charge in [-0.1, -0.05) is 48.5 Å². The first-order valence-corrected chi connectivity index (χ1v) is 9.09. The number of anilines is 1. The van der Waals surface area contributed by atoms with Gasteiger partial charge in [-0.25, -0.2) is 0 Å². The van der Waals surface area contributed by atoms with Crippen molar-refractivity contribution in [3.05, 3.63) is 65.7 Å². The summed E-state index contributed by atoms with van der Waals surface area (Å²) in [5.74, 6) is 0.734. The van der Waals surface area contributed by atoms with Crippen molar-refractivity contribution in [2.24, 2.45) is 0 Å². The number of ether oxygens (including phenoxy) is 1. The van der Waals surface area contributed by atoms with Crippen molar-refractivity contribution < 1.29 is 4.74 Å². The Morgan fingerprint density at radius 3 is 2.42 bits per heavy atom. The Labute approximate surface area is 144 Å². The minimum absolute atomic E-state index is 0.646. The van der Waals surface area contributed by atoms with Gasteiger partial charge in [0.05, 0.1) is 13.2 Å². The van der Waals surface area contributed by atoms with Crippen molar-refractivity contribution in [2.75, 3.05) is 31.2 Å². The van der Waals surface area contributed by atoms with Crippen LogP contribution in [0.2, 0.25) is 0 Å². The van der Waals surface area contributed by atoms with Crippen molar-refractivity contribution in [1.82, 2.24) is 5.32 Å². The third-order valence-electron chi connectivity index (χ3n) is 5.33. The minimum Gasteiger partial charge on any atom is -0.378 e. The molecule has 0 amide bonds. The Hall–Kier alpha value is -1.84. The predicted molar refractivity (Wildman–Crippen MR) is 98.5 cm³/mol. The van der Waals surface area contributed by atoms with E-state index in [9.17, 15) is 0 Å². The first-order valence-electron chi connectivity index (χ1n) is 9.09. The number of rotatable bonds is 5. The number of para-hydroxylation sites is 1. The molecule has 1 aliphatic carbocycles. The molecule has 2 aliphatic rings. The molecule has 1 heterocycles. The van der Waals surface area contributed by atoms with E-state index in [1.807, 2.05) is 0 Å². The van der Waals surface area contributed by atoms with E-state index in [4.69, 9.17) is 4.74 Å². The molecule has 0 atom stereocenters. The summed E-state index contributed by atoms with van der Waals surface area (Å²) in [5, 5.41) is 3.76. The molecule has 1 saturated carbocycles. The molecule has 2 fully saturated rings. The number of hydrogen-bond acceptors (Lipinski definition) is 3. The van der Waals surface area contributed by atoms with Crippen LogP contribution in [0.1, 0.15) is 29.9 Å². The molecule has 0 spiro atoms. The van der Waals surface area contributed by atoms with E-state index in [1.165, 1.54) is 29.7 Å². The van der Waals surface area contributed by atoms with Crippen LogP contribution < -0.4 is 10.2 Å². The Morgan fingerprint density at radius 2 is 1.62 bits per heavy atom. The number of nitrogens with one attached hydrogen (secondary N) is 1. The molecule has 0 radical (unpaired) electrons. The zero-order chi connectivity index (χ0) is 16.2. The lowest BCUT2D eigenvalue weighted by molar-refractivity contribution is 0.122. The SMILES string of the molecule is c1ccc(C2CC(NCc3ccccc3N3CCOCC3)C2)cc1. The fraction of sp³-hybridized carbons (Fsp3) is 0.429. The average Bonchev–Trinajstić information content (AvgIpc) is 2.62. The van der Waals surface area contributed by atoms with Crippen LogP contribution >= 0.6 is 0 Å². The monoisotopic (exact) mass is 322 g/mol. The smallest absolute Gasteiger partial charge is 0.0642 e. The zero-order valence-electron chi connectivity index (χ0n) is 14.2. The first-order chi connectivity index (χ1) is 11.9. The molecule has 0 unspecified atom stereocenters. The van der Waals surface area contributed by atoms with Crippen molar-refractivity contribution in [3.63, 3.8) is 0 Å². The van der Waals surface area contributed by atoms with Crippen molar-refractivity contribution in [2.45, 2.75) is 31.3 Å². The van der Waals surface area contributed by atoms with Crippen LogP contribution in [0.5, 0.6) is 0 Å². The quantitative estimate of drug-likeness (QED) is 0.911. The van der Waals surface area contributed by atoms with Gasteiger partial charge in [-0.3, -0.25) is 0 Å². The molecule has 126 valence electrons. The molecule has 3 heteroatoms. The van der Waals surface area contributed by atoms with Crippen LogP contribution in [0.15, 0.2) is 54.6 Å². The molecule has 4 rings (SSSR count). The van der Waals surface area contributed by atoms with Gasteiger partial charge in [0.15, 0.2) is 0 Å². The third kappa shape index (κ3) is 3.47. The van der Waals surface area contributed by atoms with E-state index in [1.54, 1.807) is 0 Å². The van der Waals surface area contributed by atoms with Gasteiger partial charge in [-0.2, -0.15) is 0 Å². The second-order valence-electron chi connectivity index (χ2n) is 6.88. The van der Waals surface area contributed by atoms with Gasteiger partial charge in [0.1, 0.15) is 0 Å². The van der Waals surface area contributed by atoms with Gasteiger partial charge in [0.25, 0.3) is 0 Å². The maximum Gasteiger partial charge on any atom is 0.0642 e. The Kier molecular flexibility index (Phi) is 4.81. The van der Waals surface area contributed by atoms with Crippen LogP contribution in [0.4, 0.5) is 5.69 Å². The van der Waals surface area contributed by atoms with Gasteiger partial charge in [0.2, 0.25) is 0 Å². The van der Waals surface area contributed by atoms with E-state index in [2.05, 4.69) is 64.8 Å². The first kappa shape index (κ1) is 15.7. The summed E-state index contributed by atoms with van der Waals surface area (Å²) < 4.78 is 5.48. The van der Waals surface area contributed by atoms with Crippen LogP contribution in [0.3, 0.4) is 0 Å². The van der Waals surface area contributed by atoms with Crippen molar-refractivity contribution in [1.29, 1.82) is 0 Å². The van der Waals surface area contributed by atoms with Gasteiger partial charge in [-0.05, 0) is 36.0 Å². The third-order valence-corrected chi connectivity index (χ3v) is 5.33. The number of nitrogens with zero attached hydrogens (tertiary/aromatic N) is 1. The molecule has 1 saturated heterocycles. The lowest BCUT2D eigenvalue weighted by Gasteiger charge is -2.37. The van der Waals surface area contributed by atoms with Crippen LogP contribution in [0.25, 0.3) is 0 Å². The highest BCUT2D eigenvalue weighted by molar-refractivity contribution is 5.54. The number of hydrogen-bond donors (Lipinski definition) is 1. The van der Waals surface area contributed by atoms with Gasteiger partial charge >= 0.3 is 0 Å². The average molecular weight is 322 g/mol. The summed E-state index contributed by atoms with van der Waals surface area (Å²) in [5.41, 5.74) is 4.26. The van der Waals surface area contributed by atoms with Crippen LogP contribution in [0, 0.1) is 0 Å². The summed E-state index contributed by atoms with van der Waals surface area (Å²) in [7, 11) is 0. The second kappa shape index (κ2) is 7.37. The van der Waals surface area contributed by atoms with Gasteiger partial charge < -0.3 is 15.0 Å². The van der Waals surface area contributed by atoms with Gasteiger partial charge in [0, 0.05) is 31.4 Å². The van der Waals surface area contributed by atoms with E-state index < -0.39 is 0 Å². The maximum atomic E-state index is 5.48. The van der Waals surface area contributed by atoms with Gasteiger partial charge in [-0.15, -0.1) is 0 Å². The summed E-state index contributed by atoms with van der Waals surface area (Å²) in [4.78, 5) is 2.45. The lowest BCUT2D eigenvalue weighted by atomic mass is 9.76. The molecule has 0 aromatic heterocycles. The zero-order valence-corrected chi connectivity index (χ0v) is 14.2. The molecular weight excluding hydrogens is 296 g/mol. The maximum absolute atomic E-state index is 5.48.